The van der Waals surface area contributed by atoms with Gasteiger partial charge in [0.15, 0.2) is 0 Å². The van der Waals surface area contributed by atoms with Gasteiger partial charge in [-0.25, -0.2) is 8.42 Å². The van der Waals surface area contributed by atoms with E-state index in [-0.39, 0.29) is 12.5 Å². The summed E-state index contributed by atoms with van der Waals surface area (Å²) in [5.74, 6) is 0.231. The van der Waals surface area contributed by atoms with Crippen LogP contribution in [0.4, 0.5) is 5.69 Å². The number of carbonyl (C=O) groups excluding carboxylic acids is 1. The van der Waals surface area contributed by atoms with Gasteiger partial charge in [0.2, 0.25) is 15.9 Å². The molecule has 8 heteroatoms. The van der Waals surface area contributed by atoms with E-state index in [0.717, 1.165) is 36.6 Å². The van der Waals surface area contributed by atoms with Gasteiger partial charge in [-0.15, -0.1) is 0 Å². The molecule has 1 amide bonds. The predicted octanol–water partition coefficient (Wildman–Crippen LogP) is 1.45. The summed E-state index contributed by atoms with van der Waals surface area (Å²) in [6, 6.07) is 6.67. The summed E-state index contributed by atoms with van der Waals surface area (Å²) in [5.41, 5.74) is 0.412. The Kier molecular flexibility index (Phi) is 7.71. The number of nitrogens with one attached hydrogen (secondary N) is 1. The molecule has 0 radical (unpaired) electrons. The molecule has 0 spiro atoms. The standard InChI is InChI=1S/C18H29N3O4S/c1-25-17-9-6-8-16(14-17)21(26(2,23)24)15-18(22)19-10-7-13-20-11-4-3-5-12-20/h6,8-9,14H,3-5,7,10-13,15H2,1-2H3,(H,19,22). The predicted molar refractivity (Wildman–Crippen MR) is 103 cm³/mol. The monoisotopic (exact) mass is 383 g/mol. The number of carbonyl (C=O) groups is 1. The number of amides is 1. The Balaban J connectivity index is 1.86. The zero-order chi connectivity index (χ0) is 19.0. The largest absolute Gasteiger partial charge is 0.497 e. The van der Waals surface area contributed by atoms with Crippen molar-refractivity contribution < 1.29 is 17.9 Å². The van der Waals surface area contributed by atoms with Crippen molar-refractivity contribution in [3.63, 3.8) is 0 Å². The van der Waals surface area contributed by atoms with Crippen LogP contribution < -0.4 is 14.4 Å². The molecule has 1 aromatic rings. The highest BCUT2D eigenvalue weighted by molar-refractivity contribution is 7.92. The van der Waals surface area contributed by atoms with E-state index < -0.39 is 10.0 Å². The van der Waals surface area contributed by atoms with Gasteiger partial charge < -0.3 is 15.0 Å². The van der Waals surface area contributed by atoms with Crippen molar-refractivity contribution in [1.29, 1.82) is 0 Å². The van der Waals surface area contributed by atoms with E-state index in [1.165, 1.54) is 26.4 Å². The molecule has 2 rings (SSSR count). The van der Waals surface area contributed by atoms with Crippen LogP contribution in [-0.2, 0) is 14.8 Å². The third kappa shape index (κ3) is 6.49. The summed E-state index contributed by atoms with van der Waals surface area (Å²) in [4.78, 5) is 14.6. The Morgan fingerprint density at radius 2 is 2.00 bits per heavy atom. The van der Waals surface area contributed by atoms with Gasteiger partial charge in [0, 0.05) is 12.6 Å². The third-order valence-electron chi connectivity index (χ3n) is 4.45. The molecule has 26 heavy (non-hydrogen) atoms. The van der Waals surface area contributed by atoms with Crippen LogP contribution in [-0.4, -0.2) is 65.3 Å². The molecule has 1 saturated heterocycles. The Hall–Kier alpha value is -1.80. The maximum atomic E-state index is 12.2. The number of anilines is 1. The number of methoxy groups -OCH3 is 1. The molecule has 1 aliphatic heterocycles. The molecule has 1 fully saturated rings. The SMILES string of the molecule is COc1cccc(N(CC(=O)NCCCN2CCCCC2)S(C)(=O)=O)c1. The Morgan fingerprint density at radius 3 is 2.65 bits per heavy atom. The van der Waals surface area contributed by atoms with Gasteiger partial charge in [0.1, 0.15) is 12.3 Å². The van der Waals surface area contributed by atoms with E-state index in [1.807, 2.05) is 0 Å². The Morgan fingerprint density at radius 1 is 1.27 bits per heavy atom. The van der Waals surface area contributed by atoms with Crippen LogP contribution in [0.15, 0.2) is 24.3 Å². The zero-order valence-electron chi connectivity index (χ0n) is 15.6. The van der Waals surface area contributed by atoms with Crippen LogP contribution in [0.5, 0.6) is 5.75 Å². The lowest BCUT2D eigenvalue weighted by molar-refractivity contribution is -0.119. The molecular weight excluding hydrogens is 354 g/mol. The average molecular weight is 384 g/mol. The number of ether oxygens (including phenoxy) is 1. The minimum atomic E-state index is -3.58. The van der Waals surface area contributed by atoms with Crippen LogP contribution in [0.25, 0.3) is 0 Å². The molecule has 1 aliphatic rings. The van der Waals surface area contributed by atoms with Gasteiger partial charge >= 0.3 is 0 Å². The van der Waals surface area contributed by atoms with Crippen LogP contribution >= 0.6 is 0 Å². The molecule has 7 nitrogen and oxygen atoms in total. The van der Waals surface area contributed by atoms with E-state index in [1.54, 1.807) is 24.3 Å². The van der Waals surface area contributed by atoms with Crippen molar-refractivity contribution in [3.8, 4) is 5.75 Å². The number of benzene rings is 1. The summed E-state index contributed by atoms with van der Waals surface area (Å²) in [6.45, 7) is 3.53. The maximum Gasteiger partial charge on any atom is 0.240 e. The van der Waals surface area contributed by atoms with Gasteiger partial charge in [-0.05, 0) is 51.0 Å². The second-order valence-electron chi connectivity index (χ2n) is 6.58. The van der Waals surface area contributed by atoms with Crippen molar-refractivity contribution in [2.45, 2.75) is 25.7 Å². The van der Waals surface area contributed by atoms with Crippen LogP contribution in [0.3, 0.4) is 0 Å². The first-order chi connectivity index (χ1) is 12.4. The smallest absolute Gasteiger partial charge is 0.240 e. The highest BCUT2D eigenvalue weighted by Gasteiger charge is 2.21. The highest BCUT2D eigenvalue weighted by atomic mass is 32.2. The zero-order valence-corrected chi connectivity index (χ0v) is 16.4. The summed E-state index contributed by atoms with van der Waals surface area (Å²) in [7, 11) is -2.06. The molecule has 0 aromatic heterocycles. The lowest BCUT2D eigenvalue weighted by atomic mass is 10.1. The van der Waals surface area contributed by atoms with Crippen molar-refractivity contribution in [3.05, 3.63) is 24.3 Å². The maximum absolute atomic E-state index is 12.2. The van der Waals surface area contributed by atoms with Gasteiger partial charge in [0.25, 0.3) is 0 Å². The van der Waals surface area contributed by atoms with Crippen LogP contribution in [0, 0.1) is 0 Å². The highest BCUT2D eigenvalue weighted by Crippen LogP contribution is 2.22. The van der Waals surface area contributed by atoms with Gasteiger partial charge in [-0.2, -0.15) is 0 Å². The first kappa shape index (κ1) is 20.5. The molecule has 0 atom stereocenters. The molecule has 0 aliphatic carbocycles. The van der Waals surface area contributed by atoms with E-state index >= 15 is 0 Å². The quantitative estimate of drug-likeness (QED) is 0.653. The van der Waals surface area contributed by atoms with E-state index in [2.05, 4.69) is 10.2 Å². The first-order valence-electron chi connectivity index (χ1n) is 9.01. The lowest BCUT2D eigenvalue weighted by Gasteiger charge is -2.26. The normalized spacial score (nSPS) is 15.5. The molecule has 146 valence electrons. The molecule has 1 N–H and O–H groups in total. The molecular formula is C18H29N3O4S. The number of hydrogen-bond donors (Lipinski definition) is 1. The summed E-state index contributed by atoms with van der Waals surface area (Å²) in [5, 5.41) is 2.82. The van der Waals surface area contributed by atoms with E-state index in [9.17, 15) is 13.2 Å². The summed E-state index contributed by atoms with van der Waals surface area (Å²) in [6.07, 6.45) is 5.76. The Labute approximate surface area is 156 Å². The molecule has 0 saturated carbocycles. The van der Waals surface area contributed by atoms with Crippen LogP contribution in [0.2, 0.25) is 0 Å². The fourth-order valence-electron chi connectivity index (χ4n) is 3.07. The van der Waals surface area contributed by atoms with Crippen molar-refractivity contribution >= 4 is 21.6 Å². The number of likely N-dealkylation sites (tertiary alicyclic amines) is 1. The van der Waals surface area contributed by atoms with E-state index in [0.29, 0.717) is 18.0 Å². The van der Waals surface area contributed by atoms with E-state index in [4.69, 9.17) is 4.74 Å². The van der Waals surface area contributed by atoms with Crippen LogP contribution in [0.1, 0.15) is 25.7 Å². The second-order valence-corrected chi connectivity index (χ2v) is 8.48. The fourth-order valence-corrected chi connectivity index (χ4v) is 3.91. The second kappa shape index (κ2) is 9.78. The lowest BCUT2D eigenvalue weighted by Crippen LogP contribution is -2.41. The molecule has 1 aromatic carbocycles. The molecule has 1 heterocycles. The summed E-state index contributed by atoms with van der Waals surface area (Å²) < 4.78 is 30.4. The number of piperidine rings is 1. The Bertz CT molecular complexity index is 687. The number of hydrogen-bond acceptors (Lipinski definition) is 5. The van der Waals surface area contributed by atoms with Crippen molar-refractivity contribution in [1.82, 2.24) is 10.2 Å². The van der Waals surface area contributed by atoms with Gasteiger partial charge in [-0.1, -0.05) is 12.5 Å². The molecule has 0 bridgehead atoms. The first-order valence-corrected chi connectivity index (χ1v) is 10.9. The van der Waals surface area contributed by atoms with Gasteiger partial charge in [0.05, 0.1) is 19.1 Å². The van der Waals surface area contributed by atoms with Crippen molar-refractivity contribution in [2.75, 3.05) is 50.4 Å². The minimum absolute atomic E-state index is 0.240. The molecule has 0 unspecified atom stereocenters. The number of rotatable bonds is 9. The fraction of sp³-hybridized carbons (Fsp3) is 0.611. The van der Waals surface area contributed by atoms with Crippen molar-refractivity contribution in [2.24, 2.45) is 0 Å². The topological polar surface area (TPSA) is 79.0 Å². The summed E-state index contributed by atoms with van der Waals surface area (Å²) >= 11 is 0. The minimum Gasteiger partial charge on any atom is -0.497 e. The average Bonchev–Trinajstić information content (AvgIpc) is 2.63. The number of nitrogens with zero attached hydrogens (tertiary/aromatic N) is 2. The number of sulfonamides is 1. The third-order valence-corrected chi connectivity index (χ3v) is 5.59. The van der Waals surface area contributed by atoms with Gasteiger partial charge in [-0.3, -0.25) is 9.10 Å².